The highest BCUT2D eigenvalue weighted by Crippen LogP contribution is 2.45. The molecular formula is C22H16N8. The van der Waals surface area contributed by atoms with E-state index < -0.39 is 5.54 Å². The first kappa shape index (κ1) is 17.9. The Kier molecular flexibility index (Phi) is 4.19. The first-order chi connectivity index (χ1) is 14.7. The second-order valence-electron chi connectivity index (χ2n) is 7.53. The molecule has 1 aliphatic carbocycles. The van der Waals surface area contributed by atoms with Gasteiger partial charge in [0.15, 0.2) is 0 Å². The maximum Gasteiger partial charge on any atom is 0.115 e. The van der Waals surface area contributed by atoms with Crippen molar-refractivity contribution in [2.24, 2.45) is 5.92 Å². The third kappa shape index (κ3) is 2.87. The summed E-state index contributed by atoms with van der Waals surface area (Å²) in [5, 5.41) is 28.6. The molecule has 0 saturated heterocycles. The van der Waals surface area contributed by atoms with Gasteiger partial charge in [-0.15, -0.1) is 0 Å². The number of hydrogen-bond acceptors (Lipinski definition) is 7. The van der Waals surface area contributed by atoms with Crippen LogP contribution >= 0.6 is 0 Å². The zero-order chi connectivity index (χ0) is 20.6. The lowest BCUT2D eigenvalue weighted by Gasteiger charge is -2.42. The molecule has 0 unspecified atom stereocenters. The number of aromatic nitrogens is 6. The van der Waals surface area contributed by atoms with Crippen LogP contribution in [0.25, 0.3) is 33.3 Å². The van der Waals surface area contributed by atoms with E-state index in [1.165, 1.54) is 6.33 Å². The van der Waals surface area contributed by atoms with E-state index in [-0.39, 0.29) is 12.3 Å². The summed E-state index contributed by atoms with van der Waals surface area (Å²) in [6.07, 6.45) is 9.95. The Morgan fingerprint density at radius 1 is 1.10 bits per heavy atom. The SMILES string of the molecule is N#CCC1(n2ncc(-c3cc(-c4cncnc4)cc4ncccc34)n2)CC(C#N)C1. The van der Waals surface area contributed by atoms with Crippen LogP contribution in [-0.2, 0) is 5.54 Å². The molecule has 8 nitrogen and oxygen atoms in total. The Hall–Kier alpha value is -4.17. The van der Waals surface area contributed by atoms with Crippen LogP contribution in [0.5, 0.6) is 0 Å². The van der Waals surface area contributed by atoms with Gasteiger partial charge in [-0.1, -0.05) is 6.07 Å². The predicted molar refractivity (Wildman–Crippen MR) is 108 cm³/mol. The van der Waals surface area contributed by atoms with E-state index in [0.29, 0.717) is 18.5 Å². The van der Waals surface area contributed by atoms with Crippen molar-refractivity contribution in [2.45, 2.75) is 24.8 Å². The van der Waals surface area contributed by atoms with Gasteiger partial charge in [-0.05, 0) is 36.6 Å². The van der Waals surface area contributed by atoms with Crippen LogP contribution in [0.2, 0.25) is 0 Å². The molecular weight excluding hydrogens is 376 g/mol. The van der Waals surface area contributed by atoms with Crippen molar-refractivity contribution in [3.63, 3.8) is 0 Å². The summed E-state index contributed by atoms with van der Waals surface area (Å²) >= 11 is 0. The molecule has 0 atom stereocenters. The van der Waals surface area contributed by atoms with Crippen LogP contribution in [0.3, 0.4) is 0 Å². The highest BCUT2D eigenvalue weighted by atomic mass is 15.5. The Bertz CT molecular complexity index is 1310. The largest absolute Gasteiger partial charge is 0.256 e. The van der Waals surface area contributed by atoms with E-state index in [0.717, 1.165) is 27.6 Å². The number of nitriles is 2. The minimum Gasteiger partial charge on any atom is -0.256 e. The van der Waals surface area contributed by atoms with Crippen LogP contribution in [0.1, 0.15) is 19.3 Å². The molecule has 0 aliphatic heterocycles. The van der Waals surface area contributed by atoms with E-state index >= 15 is 0 Å². The van der Waals surface area contributed by atoms with Crippen molar-refractivity contribution in [1.29, 1.82) is 10.5 Å². The summed E-state index contributed by atoms with van der Waals surface area (Å²) in [6.45, 7) is 0. The number of hydrogen-bond donors (Lipinski definition) is 0. The lowest BCUT2D eigenvalue weighted by atomic mass is 9.68. The average molecular weight is 392 g/mol. The average Bonchev–Trinajstić information content (AvgIpc) is 3.26. The molecule has 8 heteroatoms. The van der Waals surface area contributed by atoms with E-state index in [2.05, 4.69) is 32.2 Å². The van der Waals surface area contributed by atoms with Gasteiger partial charge in [0.1, 0.15) is 12.0 Å². The third-order valence-corrected chi connectivity index (χ3v) is 5.65. The summed E-state index contributed by atoms with van der Waals surface area (Å²) in [7, 11) is 0. The Balaban J connectivity index is 1.62. The summed E-state index contributed by atoms with van der Waals surface area (Å²) in [6, 6.07) is 12.4. The second kappa shape index (κ2) is 7.02. The van der Waals surface area contributed by atoms with Crippen LogP contribution in [-0.4, -0.2) is 29.9 Å². The van der Waals surface area contributed by atoms with Gasteiger partial charge < -0.3 is 0 Å². The fourth-order valence-electron chi connectivity index (χ4n) is 4.10. The molecule has 30 heavy (non-hydrogen) atoms. The van der Waals surface area contributed by atoms with Crippen molar-refractivity contribution in [3.05, 3.63) is 55.4 Å². The summed E-state index contributed by atoms with van der Waals surface area (Å²) in [5.41, 5.74) is 3.75. The van der Waals surface area contributed by atoms with Gasteiger partial charge in [-0.2, -0.15) is 25.5 Å². The number of fused-ring (bicyclic) bond motifs is 1. The maximum absolute atomic E-state index is 9.29. The molecule has 4 aromatic rings. The quantitative estimate of drug-likeness (QED) is 0.522. The van der Waals surface area contributed by atoms with Crippen molar-refractivity contribution < 1.29 is 0 Å². The lowest BCUT2D eigenvalue weighted by Crippen LogP contribution is -2.47. The summed E-state index contributed by atoms with van der Waals surface area (Å²) in [4.78, 5) is 14.4. The van der Waals surface area contributed by atoms with Gasteiger partial charge in [-0.25, -0.2) is 9.97 Å². The molecule has 0 amide bonds. The van der Waals surface area contributed by atoms with E-state index in [4.69, 9.17) is 5.10 Å². The fourth-order valence-corrected chi connectivity index (χ4v) is 4.10. The number of nitrogens with zero attached hydrogens (tertiary/aromatic N) is 8. The Morgan fingerprint density at radius 2 is 1.93 bits per heavy atom. The first-order valence-corrected chi connectivity index (χ1v) is 9.56. The van der Waals surface area contributed by atoms with Crippen LogP contribution in [0.15, 0.2) is 55.4 Å². The molecule has 1 saturated carbocycles. The highest BCUT2D eigenvalue weighted by Gasteiger charge is 2.48. The molecule has 3 heterocycles. The van der Waals surface area contributed by atoms with E-state index in [9.17, 15) is 10.5 Å². The van der Waals surface area contributed by atoms with Gasteiger partial charge in [-0.3, -0.25) is 4.98 Å². The molecule has 5 rings (SSSR count). The monoisotopic (exact) mass is 392 g/mol. The number of pyridine rings is 1. The smallest absolute Gasteiger partial charge is 0.115 e. The standard InChI is InChI=1S/C22H16N8/c23-4-3-22(8-15(9-22)10-24)30-28-13-21(29-30)19-6-16(17-11-25-14-26-12-17)7-20-18(19)2-1-5-27-20/h1-2,5-7,11-15H,3,8-9H2. The van der Waals surface area contributed by atoms with Gasteiger partial charge in [0.25, 0.3) is 0 Å². The zero-order valence-corrected chi connectivity index (χ0v) is 16.0. The fraction of sp³-hybridized carbons (Fsp3) is 0.227. The third-order valence-electron chi connectivity index (χ3n) is 5.65. The van der Waals surface area contributed by atoms with Gasteiger partial charge >= 0.3 is 0 Å². The Morgan fingerprint density at radius 3 is 2.70 bits per heavy atom. The molecule has 3 aromatic heterocycles. The highest BCUT2D eigenvalue weighted by molar-refractivity contribution is 5.97. The maximum atomic E-state index is 9.29. The Labute approximate surface area is 172 Å². The predicted octanol–water partition coefficient (Wildman–Crippen LogP) is 3.49. The molecule has 1 aliphatic rings. The minimum atomic E-state index is -0.508. The van der Waals surface area contributed by atoms with E-state index in [1.807, 2.05) is 24.3 Å². The molecule has 144 valence electrons. The molecule has 1 aromatic carbocycles. The summed E-state index contributed by atoms with van der Waals surface area (Å²) in [5.74, 6) is -0.0563. The molecule has 0 N–H and O–H groups in total. The second-order valence-corrected chi connectivity index (χ2v) is 7.53. The molecule has 0 radical (unpaired) electrons. The molecule has 0 spiro atoms. The van der Waals surface area contributed by atoms with Gasteiger partial charge in [0.05, 0.1) is 41.7 Å². The van der Waals surface area contributed by atoms with Crippen molar-refractivity contribution in [3.8, 4) is 34.5 Å². The topological polar surface area (TPSA) is 117 Å². The molecule has 0 bridgehead atoms. The summed E-state index contributed by atoms with van der Waals surface area (Å²) < 4.78 is 0. The first-order valence-electron chi connectivity index (χ1n) is 9.56. The van der Waals surface area contributed by atoms with Gasteiger partial charge in [0.2, 0.25) is 0 Å². The normalized spacial score (nSPS) is 20.3. The van der Waals surface area contributed by atoms with Gasteiger partial charge in [0, 0.05) is 35.1 Å². The van der Waals surface area contributed by atoms with Crippen molar-refractivity contribution in [1.82, 2.24) is 29.9 Å². The number of benzene rings is 1. The minimum absolute atomic E-state index is 0.0563. The molecule has 1 fully saturated rings. The van der Waals surface area contributed by atoms with Crippen molar-refractivity contribution in [2.75, 3.05) is 0 Å². The van der Waals surface area contributed by atoms with Crippen molar-refractivity contribution >= 4 is 10.9 Å². The number of rotatable bonds is 4. The van der Waals surface area contributed by atoms with E-state index in [1.54, 1.807) is 29.6 Å². The van der Waals surface area contributed by atoms with Crippen LogP contribution in [0, 0.1) is 28.6 Å². The van der Waals surface area contributed by atoms with Crippen LogP contribution < -0.4 is 0 Å². The lowest BCUT2D eigenvalue weighted by molar-refractivity contribution is 0.0713. The van der Waals surface area contributed by atoms with Crippen LogP contribution in [0.4, 0.5) is 0 Å². The zero-order valence-electron chi connectivity index (χ0n) is 16.0.